The molecule has 0 spiro atoms. The molecule has 1 heterocycles. The first kappa shape index (κ1) is 16.3. The number of carbonyl (C=O) groups excluding carboxylic acids is 2. The van der Waals surface area contributed by atoms with Gasteiger partial charge in [-0.05, 0) is 30.4 Å². The van der Waals surface area contributed by atoms with Gasteiger partial charge in [-0.3, -0.25) is 9.59 Å². The number of hydrogen-bond donors (Lipinski definition) is 0. The van der Waals surface area contributed by atoms with E-state index in [4.69, 9.17) is 9.47 Å². The molecular weight excluding hydrogens is 388 g/mol. The smallest absolute Gasteiger partial charge is 0.254 e. The van der Waals surface area contributed by atoms with E-state index in [0.29, 0.717) is 17.1 Å². The molecule has 0 unspecified atom stereocenters. The van der Waals surface area contributed by atoms with Gasteiger partial charge in [0.25, 0.3) is 11.8 Å². The molecule has 2 aliphatic carbocycles. The number of allylic oxidation sites excluding steroid dienone is 2. The summed E-state index contributed by atoms with van der Waals surface area (Å²) < 4.78 is 11.5. The van der Waals surface area contributed by atoms with Gasteiger partial charge in [0.15, 0.2) is 11.5 Å². The average molecular weight is 405 g/mol. The van der Waals surface area contributed by atoms with E-state index in [1.807, 2.05) is 0 Å². The van der Waals surface area contributed by atoms with E-state index in [2.05, 4.69) is 33.2 Å². The lowest BCUT2D eigenvalue weighted by molar-refractivity contribution is -0.140. The SMILES string of the molecule is COc1cc(Br)cc(C=NN2C(=O)[C@@H]3[C@H](C2=O)[C@H]2C=C[C@H]3C2)c1OC. The van der Waals surface area contributed by atoms with Gasteiger partial charge in [0.2, 0.25) is 0 Å². The van der Waals surface area contributed by atoms with Crippen LogP contribution in [0.5, 0.6) is 11.5 Å². The van der Waals surface area contributed by atoms with E-state index < -0.39 is 0 Å². The molecule has 130 valence electrons. The molecule has 0 N–H and O–H groups in total. The highest BCUT2D eigenvalue weighted by molar-refractivity contribution is 9.10. The van der Waals surface area contributed by atoms with Crippen LogP contribution in [0.4, 0.5) is 0 Å². The average Bonchev–Trinajstić information content (AvgIpc) is 3.27. The highest BCUT2D eigenvalue weighted by atomic mass is 79.9. The molecular formula is C18H17BrN2O4. The fraction of sp³-hybridized carbons (Fsp3) is 0.389. The summed E-state index contributed by atoms with van der Waals surface area (Å²) in [5, 5.41) is 5.21. The summed E-state index contributed by atoms with van der Waals surface area (Å²) in [6.07, 6.45) is 6.50. The van der Waals surface area contributed by atoms with Crippen LogP contribution in [0.25, 0.3) is 0 Å². The Kier molecular flexibility index (Phi) is 3.91. The maximum atomic E-state index is 12.6. The molecule has 1 aliphatic heterocycles. The molecule has 7 heteroatoms. The van der Waals surface area contributed by atoms with Gasteiger partial charge in [-0.15, -0.1) is 0 Å². The number of hydrazone groups is 1. The zero-order valence-corrected chi connectivity index (χ0v) is 15.4. The predicted molar refractivity (Wildman–Crippen MR) is 94.4 cm³/mol. The lowest BCUT2D eigenvalue weighted by Gasteiger charge is -2.13. The lowest BCUT2D eigenvalue weighted by atomic mass is 9.85. The second-order valence-electron chi connectivity index (χ2n) is 6.46. The van der Waals surface area contributed by atoms with Crippen molar-refractivity contribution in [3.8, 4) is 11.5 Å². The van der Waals surface area contributed by atoms with Crippen LogP contribution in [-0.2, 0) is 9.59 Å². The molecule has 0 radical (unpaired) electrons. The minimum Gasteiger partial charge on any atom is -0.493 e. The van der Waals surface area contributed by atoms with Crippen LogP contribution >= 0.6 is 15.9 Å². The highest BCUT2D eigenvalue weighted by Crippen LogP contribution is 2.52. The number of carbonyl (C=O) groups is 2. The number of amides is 2. The highest BCUT2D eigenvalue weighted by Gasteiger charge is 2.59. The first-order valence-electron chi connectivity index (χ1n) is 8.06. The third-order valence-electron chi connectivity index (χ3n) is 5.23. The standard InChI is InChI=1S/C18H17BrN2O4/c1-24-13-7-12(19)6-11(16(13)25-2)8-20-21-17(22)14-9-3-4-10(5-9)15(14)18(21)23/h3-4,6-10,14-15H,5H2,1-2H3/t9-,10-,14-,15+/m0/s1. The minimum atomic E-state index is -0.251. The summed E-state index contributed by atoms with van der Waals surface area (Å²) in [4.78, 5) is 25.3. The fourth-order valence-electron chi connectivity index (χ4n) is 4.18. The predicted octanol–water partition coefficient (Wildman–Crippen LogP) is 2.61. The quantitative estimate of drug-likeness (QED) is 0.439. The number of ether oxygens (including phenoxy) is 2. The van der Waals surface area contributed by atoms with Crippen molar-refractivity contribution in [1.29, 1.82) is 0 Å². The van der Waals surface area contributed by atoms with Crippen LogP contribution in [0.15, 0.2) is 33.9 Å². The molecule has 0 aromatic heterocycles. The topological polar surface area (TPSA) is 68.2 Å². The van der Waals surface area contributed by atoms with Crippen molar-refractivity contribution in [2.24, 2.45) is 28.8 Å². The summed E-state index contributed by atoms with van der Waals surface area (Å²) in [5.74, 6) is 0.469. The Bertz CT molecular complexity index is 790. The number of methoxy groups -OCH3 is 2. The number of rotatable bonds is 4. The van der Waals surface area contributed by atoms with Gasteiger partial charge in [0, 0.05) is 10.0 Å². The van der Waals surface area contributed by atoms with Gasteiger partial charge in [0.1, 0.15) is 0 Å². The lowest BCUT2D eigenvalue weighted by Crippen LogP contribution is -2.28. The number of nitrogens with zero attached hydrogens (tertiary/aromatic N) is 2. The van der Waals surface area contributed by atoms with Crippen molar-refractivity contribution in [1.82, 2.24) is 5.01 Å². The fourth-order valence-corrected chi connectivity index (χ4v) is 4.63. The Morgan fingerprint density at radius 1 is 1.12 bits per heavy atom. The van der Waals surface area contributed by atoms with Crippen molar-refractivity contribution < 1.29 is 19.1 Å². The summed E-state index contributed by atoms with van der Waals surface area (Å²) in [5.41, 5.74) is 0.618. The normalized spacial score (nSPS) is 29.8. The Balaban J connectivity index is 1.64. The van der Waals surface area contributed by atoms with E-state index in [-0.39, 0.29) is 35.5 Å². The third kappa shape index (κ3) is 2.40. The summed E-state index contributed by atoms with van der Waals surface area (Å²) in [6, 6.07) is 3.57. The number of halogens is 1. The second-order valence-corrected chi connectivity index (χ2v) is 7.38. The Labute approximate surface area is 153 Å². The molecule has 2 bridgehead atoms. The number of imide groups is 1. The van der Waals surface area contributed by atoms with Crippen molar-refractivity contribution in [3.05, 3.63) is 34.3 Å². The molecule has 2 fully saturated rings. The van der Waals surface area contributed by atoms with Crippen LogP contribution < -0.4 is 9.47 Å². The van der Waals surface area contributed by atoms with Crippen LogP contribution in [0, 0.1) is 23.7 Å². The molecule has 1 aromatic carbocycles. The minimum absolute atomic E-state index is 0.173. The van der Waals surface area contributed by atoms with Crippen molar-refractivity contribution in [3.63, 3.8) is 0 Å². The molecule has 3 aliphatic rings. The van der Waals surface area contributed by atoms with Crippen LogP contribution in [0.1, 0.15) is 12.0 Å². The van der Waals surface area contributed by atoms with Gasteiger partial charge in [-0.1, -0.05) is 28.1 Å². The molecule has 4 rings (SSSR count). The van der Waals surface area contributed by atoms with Crippen molar-refractivity contribution in [2.45, 2.75) is 6.42 Å². The van der Waals surface area contributed by atoms with E-state index >= 15 is 0 Å². The largest absolute Gasteiger partial charge is 0.493 e. The van der Waals surface area contributed by atoms with E-state index in [9.17, 15) is 9.59 Å². The van der Waals surface area contributed by atoms with Crippen LogP contribution in [-0.4, -0.2) is 37.3 Å². The van der Waals surface area contributed by atoms with Crippen molar-refractivity contribution in [2.75, 3.05) is 14.2 Å². The van der Waals surface area contributed by atoms with Gasteiger partial charge < -0.3 is 9.47 Å². The molecule has 4 atom stereocenters. The first-order valence-corrected chi connectivity index (χ1v) is 8.86. The summed E-state index contributed by atoms with van der Waals surface area (Å²) in [7, 11) is 3.08. The monoisotopic (exact) mass is 404 g/mol. The Morgan fingerprint density at radius 2 is 1.76 bits per heavy atom. The Hall–Kier alpha value is -2.15. The maximum absolute atomic E-state index is 12.6. The third-order valence-corrected chi connectivity index (χ3v) is 5.69. The van der Waals surface area contributed by atoms with Gasteiger partial charge in [0.05, 0.1) is 32.3 Å². The first-order chi connectivity index (χ1) is 12.0. The molecule has 1 aromatic rings. The molecule has 2 amide bonds. The zero-order chi connectivity index (χ0) is 17.7. The molecule has 25 heavy (non-hydrogen) atoms. The van der Waals surface area contributed by atoms with Crippen LogP contribution in [0.2, 0.25) is 0 Å². The number of fused-ring (bicyclic) bond motifs is 5. The molecule has 1 saturated carbocycles. The molecule has 1 saturated heterocycles. The van der Waals surface area contributed by atoms with E-state index in [1.165, 1.54) is 13.3 Å². The van der Waals surface area contributed by atoms with Crippen LogP contribution in [0.3, 0.4) is 0 Å². The van der Waals surface area contributed by atoms with E-state index in [0.717, 1.165) is 15.9 Å². The van der Waals surface area contributed by atoms with Gasteiger partial charge in [-0.25, -0.2) is 0 Å². The van der Waals surface area contributed by atoms with Gasteiger partial charge >= 0.3 is 0 Å². The second kappa shape index (κ2) is 5.98. The Morgan fingerprint density at radius 3 is 2.32 bits per heavy atom. The summed E-state index contributed by atoms with van der Waals surface area (Å²) in [6.45, 7) is 0. The number of hydrogen-bond acceptors (Lipinski definition) is 5. The maximum Gasteiger partial charge on any atom is 0.254 e. The zero-order valence-electron chi connectivity index (χ0n) is 13.8. The summed E-state index contributed by atoms with van der Waals surface area (Å²) >= 11 is 3.40. The van der Waals surface area contributed by atoms with Crippen molar-refractivity contribution >= 4 is 34.0 Å². The number of benzene rings is 1. The van der Waals surface area contributed by atoms with Gasteiger partial charge in [-0.2, -0.15) is 10.1 Å². The molecule has 6 nitrogen and oxygen atoms in total. The van der Waals surface area contributed by atoms with E-state index in [1.54, 1.807) is 19.2 Å².